The summed E-state index contributed by atoms with van der Waals surface area (Å²) in [6.45, 7) is 6.23. The van der Waals surface area contributed by atoms with Gasteiger partial charge in [0.15, 0.2) is 0 Å². The number of carboxylic acid groups (broad SMARTS) is 1. The van der Waals surface area contributed by atoms with E-state index in [0.717, 1.165) is 5.56 Å². The molecule has 0 saturated carbocycles. The minimum absolute atomic E-state index is 0.0249. The van der Waals surface area contributed by atoms with E-state index in [1.807, 2.05) is 12.1 Å². The quantitative estimate of drug-likeness (QED) is 0.741. The van der Waals surface area contributed by atoms with Crippen molar-refractivity contribution in [3.63, 3.8) is 0 Å². The van der Waals surface area contributed by atoms with Gasteiger partial charge in [0.2, 0.25) is 0 Å². The van der Waals surface area contributed by atoms with Crippen molar-refractivity contribution in [3.8, 4) is 0 Å². The van der Waals surface area contributed by atoms with Crippen molar-refractivity contribution in [2.75, 3.05) is 0 Å². The SMILES string of the molecule is CC(C)(C)c1ccc(B(O)OC(=O)O)cc1. The Bertz CT molecular complexity index is 367. The first kappa shape index (κ1) is 12.6. The molecule has 0 aliphatic heterocycles. The Balaban J connectivity index is 2.83. The maximum absolute atomic E-state index is 10.2. The third-order valence-electron chi connectivity index (χ3n) is 2.27. The molecule has 0 unspecified atom stereocenters. The molecule has 0 spiro atoms. The molecule has 0 radical (unpaired) electrons. The molecule has 16 heavy (non-hydrogen) atoms. The lowest BCUT2D eigenvalue weighted by Gasteiger charge is -2.19. The van der Waals surface area contributed by atoms with Gasteiger partial charge < -0.3 is 14.8 Å². The Hall–Kier alpha value is -1.49. The molecule has 0 aliphatic carbocycles. The molecule has 86 valence electrons. The molecule has 0 aromatic heterocycles. The highest BCUT2D eigenvalue weighted by Gasteiger charge is 2.22. The maximum atomic E-state index is 10.2. The second kappa shape index (κ2) is 4.57. The molecule has 0 atom stereocenters. The van der Waals surface area contributed by atoms with Crippen LogP contribution in [0.2, 0.25) is 0 Å². The zero-order valence-electron chi connectivity index (χ0n) is 9.60. The van der Waals surface area contributed by atoms with E-state index in [1.165, 1.54) is 0 Å². The summed E-state index contributed by atoms with van der Waals surface area (Å²) in [4.78, 5) is 10.2. The van der Waals surface area contributed by atoms with E-state index < -0.39 is 13.3 Å². The fourth-order valence-corrected chi connectivity index (χ4v) is 1.31. The van der Waals surface area contributed by atoms with Crippen LogP contribution < -0.4 is 5.46 Å². The van der Waals surface area contributed by atoms with E-state index in [4.69, 9.17) is 5.11 Å². The molecule has 0 amide bonds. The van der Waals surface area contributed by atoms with Crippen LogP contribution in [0.5, 0.6) is 0 Å². The van der Waals surface area contributed by atoms with Crippen molar-refractivity contribution in [1.82, 2.24) is 0 Å². The Morgan fingerprint density at radius 1 is 1.25 bits per heavy atom. The van der Waals surface area contributed by atoms with Gasteiger partial charge >= 0.3 is 13.3 Å². The highest BCUT2D eigenvalue weighted by atomic mass is 16.7. The molecular weight excluding hydrogens is 207 g/mol. The van der Waals surface area contributed by atoms with Crippen LogP contribution in [0, 0.1) is 0 Å². The van der Waals surface area contributed by atoms with E-state index in [1.54, 1.807) is 12.1 Å². The summed E-state index contributed by atoms with van der Waals surface area (Å²) < 4.78 is 4.23. The zero-order chi connectivity index (χ0) is 12.3. The summed E-state index contributed by atoms with van der Waals surface area (Å²) >= 11 is 0. The van der Waals surface area contributed by atoms with Crippen molar-refractivity contribution in [2.24, 2.45) is 0 Å². The topological polar surface area (TPSA) is 66.8 Å². The minimum atomic E-state index is -1.49. The summed E-state index contributed by atoms with van der Waals surface area (Å²) in [7, 11) is -1.42. The summed E-state index contributed by atoms with van der Waals surface area (Å²) in [6, 6.07) is 7.02. The van der Waals surface area contributed by atoms with Crippen molar-refractivity contribution >= 4 is 18.7 Å². The predicted octanol–water partition coefficient (Wildman–Crippen LogP) is 1.37. The summed E-state index contributed by atoms with van der Waals surface area (Å²) in [6.07, 6.45) is -1.49. The molecule has 0 heterocycles. The number of hydrogen-bond acceptors (Lipinski definition) is 3. The van der Waals surface area contributed by atoms with Gasteiger partial charge in [0.05, 0.1) is 0 Å². The number of hydrogen-bond donors (Lipinski definition) is 2. The third-order valence-corrected chi connectivity index (χ3v) is 2.27. The van der Waals surface area contributed by atoms with Gasteiger partial charge in [-0.1, -0.05) is 45.0 Å². The number of carbonyl (C=O) groups is 1. The Morgan fingerprint density at radius 2 is 1.75 bits per heavy atom. The normalized spacial score (nSPS) is 11.0. The summed E-state index contributed by atoms with van der Waals surface area (Å²) in [5, 5.41) is 17.7. The van der Waals surface area contributed by atoms with Crippen LogP contribution in [-0.2, 0) is 10.1 Å². The van der Waals surface area contributed by atoms with Crippen LogP contribution in [0.3, 0.4) is 0 Å². The molecule has 5 heteroatoms. The molecule has 0 bridgehead atoms. The van der Waals surface area contributed by atoms with Gasteiger partial charge in [0.25, 0.3) is 0 Å². The lowest BCUT2D eigenvalue weighted by atomic mass is 9.77. The Morgan fingerprint density at radius 3 is 2.12 bits per heavy atom. The van der Waals surface area contributed by atoms with E-state index in [2.05, 4.69) is 25.4 Å². The van der Waals surface area contributed by atoms with Crippen molar-refractivity contribution in [2.45, 2.75) is 26.2 Å². The van der Waals surface area contributed by atoms with Crippen LogP contribution >= 0.6 is 0 Å². The lowest BCUT2D eigenvalue weighted by molar-refractivity contribution is 0.137. The second-order valence-corrected chi connectivity index (χ2v) is 4.61. The largest absolute Gasteiger partial charge is 0.564 e. The molecule has 0 saturated heterocycles. The smallest absolute Gasteiger partial charge is 0.473 e. The molecule has 1 aromatic rings. The first-order valence-electron chi connectivity index (χ1n) is 4.99. The highest BCUT2D eigenvalue weighted by Crippen LogP contribution is 2.20. The molecule has 0 fully saturated rings. The highest BCUT2D eigenvalue weighted by molar-refractivity contribution is 6.61. The summed E-state index contributed by atoms with van der Waals surface area (Å²) in [5.74, 6) is 0. The van der Waals surface area contributed by atoms with Crippen molar-refractivity contribution in [1.29, 1.82) is 0 Å². The first-order chi connectivity index (χ1) is 7.30. The number of rotatable bonds is 2. The fraction of sp³-hybridized carbons (Fsp3) is 0.364. The van der Waals surface area contributed by atoms with Crippen LogP contribution in [0.25, 0.3) is 0 Å². The van der Waals surface area contributed by atoms with E-state index in [0.29, 0.717) is 5.46 Å². The average molecular weight is 222 g/mol. The minimum Gasteiger partial charge on any atom is -0.473 e. The first-order valence-corrected chi connectivity index (χ1v) is 4.99. The van der Waals surface area contributed by atoms with Gasteiger partial charge in [-0.15, -0.1) is 0 Å². The second-order valence-electron chi connectivity index (χ2n) is 4.61. The van der Waals surface area contributed by atoms with E-state index >= 15 is 0 Å². The average Bonchev–Trinajstić information content (AvgIpc) is 2.15. The van der Waals surface area contributed by atoms with Crippen LogP contribution in [-0.4, -0.2) is 23.4 Å². The number of benzene rings is 1. The fourth-order valence-electron chi connectivity index (χ4n) is 1.31. The molecule has 4 nitrogen and oxygen atoms in total. The molecule has 1 rings (SSSR count). The van der Waals surface area contributed by atoms with Crippen LogP contribution in [0.15, 0.2) is 24.3 Å². The van der Waals surface area contributed by atoms with Gasteiger partial charge in [-0.05, 0) is 16.4 Å². The Kier molecular flexibility index (Phi) is 3.60. The molecule has 1 aromatic carbocycles. The predicted molar refractivity (Wildman–Crippen MR) is 61.9 cm³/mol. The van der Waals surface area contributed by atoms with Crippen LogP contribution in [0.1, 0.15) is 26.3 Å². The van der Waals surface area contributed by atoms with Gasteiger partial charge in [0, 0.05) is 0 Å². The Labute approximate surface area is 95.0 Å². The van der Waals surface area contributed by atoms with Crippen LogP contribution in [0.4, 0.5) is 4.79 Å². The van der Waals surface area contributed by atoms with E-state index in [9.17, 15) is 9.82 Å². The van der Waals surface area contributed by atoms with Crippen molar-refractivity contribution < 1.29 is 19.6 Å². The molecular formula is C11H15BO4. The third kappa shape index (κ3) is 3.27. The van der Waals surface area contributed by atoms with Gasteiger partial charge in [-0.25, -0.2) is 4.79 Å². The zero-order valence-corrected chi connectivity index (χ0v) is 9.60. The standard InChI is InChI=1S/C11H15BO4/c1-11(2,3)8-4-6-9(7-5-8)12(15)16-10(13)14/h4-7,15H,1-3H3,(H,13,14). The van der Waals surface area contributed by atoms with Gasteiger partial charge in [-0.3, -0.25) is 0 Å². The monoisotopic (exact) mass is 222 g/mol. The lowest BCUT2D eigenvalue weighted by Crippen LogP contribution is -2.35. The molecule has 0 aliphatic rings. The van der Waals surface area contributed by atoms with Gasteiger partial charge in [-0.2, -0.15) is 0 Å². The van der Waals surface area contributed by atoms with Gasteiger partial charge in [0.1, 0.15) is 0 Å². The van der Waals surface area contributed by atoms with E-state index in [-0.39, 0.29) is 5.41 Å². The van der Waals surface area contributed by atoms with Crippen molar-refractivity contribution in [3.05, 3.63) is 29.8 Å². The summed E-state index contributed by atoms with van der Waals surface area (Å²) in [5.41, 5.74) is 1.56. The maximum Gasteiger partial charge on any atom is 0.564 e. The molecule has 2 N–H and O–H groups in total.